The summed E-state index contributed by atoms with van der Waals surface area (Å²) < 4.78 is 5.44. The number of aromatic nitrogens is 1. The second-order valence-electron chi connectivity index (χ2n) is 6.21. The lowest BCUT2D eigenvalue weighted by Gasteiger charge is -2.21. The monoisotopic (exact) mass is 429 g/mol. The van der Waals surface area contributed by atoms with E-state index >= 15 is 0 Å². The number of carbonyl (C=O) groups is 1. The van der Waals surface area contributed by atoms with E-state index in [4.69, 9.17) is 4.42 Å². The minimum atomic E-state index is -0.543. The molecule has 0 bridgehead atoms. The van der Waals surface area contributed by atoms with E-state index in [1.807, 2.05) is 36.4 Å². The average Bonchev–Trinajstić information content (AvgIpc) is 2.73. The van der Waals surface area contributed by atoms with E-state index in [0.29, 0.717) is 17.8 Å². The fourth-order valence-corrected chi connectivity index (χ4v) is 4.69. The van der Waals surface area contributed by atoms with Crippen LogP contribution in [-0.4, -0.2) is 29.7 Å². The van der Waals surface area contributed by atoms with E-state index in [1.54, 1.807) is 23.1 Å². The summed E-state index contributed by atoms with van der Waals surface area (Å²) >= 11 is 0. The Labute approximate surface area is 177 Å². The highest BCUT2D eigenvalue weighted by atomic mass is 33.1. The number of carbonyl (C=O) groups excluding carboxylic acids is 1. The van der Waals surface area contributed by atoms with Crippen LogP contribution in [-0.2, 0) is 4.79 Å². The molecule has 0 aliphatic heterocycles. The molecule has 0 atom stereocenters. The van der Waals surface area contributed by atoms with Gasteiger partial charge >= 0.3 is 5.63 Å². The van der Waals surface area contributed by atoms with Crippen molar-refractivity contribution >= 4 is 49.8 Å². The van der Waals surface area contributed by atoms with E-state index in [9.17, 15) is 9.59 Å². The van der Waals surface area contributed by atoms with Gasteiger partial charge in [-0.2, -0.15) is 0 Å². The van der Waals surface area contributed by atoms with Gasteiger partial charge in [0.05, 0.1) is 0 Å². The van der Waals surface area contributed by atoms with Crippen LogP contribution in [0.4, 0.5) is 11.4 Å². The molecule has 29 heavy (non-hydrogen) atoms. The number of nitrogens with zero attached hydrogens (tertiary/aromatic N) is 2. The smallest absolute Gasteiger partial charge is 0.360 e. The predicted molar refractivity (Wildman–Crippen MR) is 122 cm³/mol. The summed E-state index contributed by atoms with van der Waals surface area (Å²) in [5.41, 5.74) is 1.14. The number of hydrogen-bond acceptors (Lipinski definition) is 7. The fourth-order valence-electron chi connectivity index (χ4n) is 2.82. The minimum absolute atomic E-state index is 0.167. The van der Waals surface area contributed by atoms with Crippen molar-refractivity contribution in [3.8, 4) is 0 Å². The van der Waals surface area contributed by atoms with Crippen molar-refractivity contribution in [2.75, 3.05) is 29.1 Å². The zero-order chi connectivity index (χ0) is 20.6. The van der Waals surface area contributed by atoms with E-state index in [1.165, 1.54) is 10.8 Å². The molecule has 1 amide bonds. The molecule has 8 heteroatoms. The summed E-state index contributed by atoms with van der Waals surface area (Å²) in [5.74, 6) is 0.393. The fraction of sp³-hybridized carbons (Fsp3) is 0.286. The molecular weight excluding hydrogens is 406 g/mol. The molecule has 0 spiro atoms. The van der Waals surface area contributed by atoms with Crippen LogP contribution in [0.15, 0.2) is 62.9 Å². The van der Waals surface area contributed by atoms with Crippen molar-refractivity contribution in [3.05, 3.63) is 59.1 Å². The molecule has 3 aromatic rings. The Balaban J connectivity index is 1.60. The average molecular weight is 430 g/mol. The topological polar surface area (TPSA) is 75.4 Å². The lowest BCUT2D eigenvalue weighted by Crippen LogP contribution is -2.21. The number of hydrogen-bond donors (Lipinski definition) is 1. The van der Waals surface area contributed by atoms with E-state index in [-0.39, 0.29) is 11.6 Å². The molecule has 1 aromatic carbocycles. The normalized spacial score (nSPS) is 10.8. The summed E-state index contributed by atoms with van der Waals surface area (Å²) in [4.78, 5) is 30.9. The summed E-state index contributed by atoms with van der Waals surface area (Å²) in [6, 6.07) is 13.1. The van der Waals surface area contributed by atoms with E-state index < -0.39 is 5.63 Å². The summed E-state index contributed by atoms with van der Waals surface area (Å²) in [7, 11) is 3.07. The third-order valence-electron chi connectivity index (χ3n) is 4.32. The second kappa shape index (κ2) is 10.4. The van der Waals surface area contributed by atoms with Crippen molar-refractivity contribution < 1.29 is 9.21 Å². The van der Waals surface area contributed by atoms with Crippen molar-refractivity contribution in [2.24, 2.45) is 0 Å². The molecule has 152 valence electrons. The number of pyridine rings is 1. The first kappa shape index (κ1) is 21.3. The Bertz CT molecular complexity index is 1020. The SMILES string of the molecule is CCN(CC)c1ccc2cc(NC(=O)CCSSc3ccccn3)c(=O)oc2c1. The summed E-state index contributed by atoms with van der Waals surface area (Å²) in [5, 5.41) is 4.34. The van der Waals surface area contributed by atoms with Crippen LogP contribution in [0.3, 0.4) is 0 Å². The quantitative estimate of drug-likeness (QED) is 0.297. The Kier molecular flexibility index (Phi) is 7.60. The summed E-state index contributed by atoms with van der Waals surface area (Å²) in [6.07, 6.45) is 2.03. The maximum atomic E-state index is 12.3. The van der Waals surface area contributed by atoms with Gasteiger partial charge in [-0.3, -0.25) is 4.79 Å². The van der Waals surface area contributed by atoms with Gasteiger partial charge in [0.1, 0.15) is 16.3 Å². The first-order chi connectivity index (χ1) is 14.1. The molecule has 0 saturated carbocycles. The molecule has 6 nitrogen and oxygen atoms in total. The number of amides is 1. The van der Waals surface area contributed by atoms with Gasteiger partial charge in [0.25, 0.3) is 0 Å². The van der Waals surface area contributed by atoms with Gasteiger partial charge in [-0.25, -0.2) is 9.78 Å². The van der Waals surface area contributed by atoms with Crippen LogP contribution in [0.25, 0.3) is 11.0 Å². The molecule has 0 fully saturated rings. The van der Waals surface area contributed by atoms with Gasteiger partial charge in [0.15, 0.2) is 0 Å². The van der Waals surface area contributed by atoms with Gasteiger partial charge in [-0.15, -0.1) is 0 Å². The number of anilines is 2. The Morgan fingerprint density at radius 3 is 2.72 bits per heavy atom. The molecule has 0 aliphatic rings. The molecule has 2 aromatic heterocycles. The van der Waals surface area contributed by atoms with Crippen LogP contribution in [0.1, 0.15) is 20.3 Å². The van der Waals surface area contributed by atoms with Crippen molar-refractivity contribution in [2.45, 2.75) is 25.3 Å². The van der Waals surface area contributed by atoms with E-state index in [0.717, 1.165) is 29.2 Å². The largest absolute Gasteiger partial charge is 0.421 e. The highest BCUT2D eigenvalue weighted by Gasteiger charge is 2.11. The number of benzene rings is 1. The first-order valence-electron chi connectivity index (χ1n) is 9.44. The van der Waals surface area contributed by atoms with Crippen molar-refractivity contribution in [1.82, 2.24) is 4.98 Å². The zero-order valence-corrected chi connectivity index (χ0v) is 18.0. The Morgan fingerprint density at radius 1 is 1.17 bits per heavy atom. The first-order valence-corrected chi connectivity index (χ1v) is 11.8. The molecule has 2 heterocycles. The van der Waals surface area contributed by atoms with Crippen molar-refractivity contribution in [1.29, 1.82) is 0 Å². The lowest BCUT2D eigenvalue weighted by atomic mass is 10.2. The van der Waals surface area contributed by atoms with Crippen molar-refractivity contribution in [3.63, 3.8) is 0 Å². The zero-order valence-electron chi connectivity index (χ0n) is 16.4. The predicted octanol–water partition coefficient (Wildman–Crippen LogP) is 4.80. The highest BCUT2D eigenvalue weighted by Crippen LogP contribution is 2.29. The Morgan fingerprint density at radius 2 is 2.00 bits per heavy atom. The maximum Gasteiger partial charge on any atom is 0.360 e. The minimum Gasteiger partial charge on any atom is -0.421 e. The molecule has 0 saturated heterocycles. The van der Waals surface area contributed by atoms with Gasteiger partial charge in [0, 0.05) is 48.6 Å². The molecule has 3 rings (SSSR count). The van der Waals surface area contributed by atoms with Gasteiger partial charge in [-0.1, -0.05) is 16.9 Å². The van der Waals surface area contributed by atoms with Crippen LogP contribution in [0.5, 0.6) is 0 Å². The maximum absolute atomic E-state index is 12.3. The molecular formula is C21H23N3O3S2. The van der Waals surface area contributed by atoms with Gasteiger partial charge < -0.3 is 14.6 Å². The van der Waals surface area contributed by atoms with Crippen LogP contribution >= 0.6 is 21.6 Å². The number of fused-ring (bicyclic) bond motifs is 1. The number of nitrogens with one attached hydrogen (secondary N) is 1. The van der Waals surface area contributed by atoms with Gasteiger partial charge in [-0.05, 0) is 55.0 Å². The third-order valence-corrected chi connectivity index (χ3v) is 6.58. The molecule has 0 aliphatic carbocycles. The molecule has 1 N–H and O–H groups in total. The lowest BCUT2D eigenvalue weighted by molar-refractivity contribution is -0.115. The Hall–Kier alpha value is -2.45. The second-order valence-corrected chi connectivity index (χ2v) is 8.65. The summed E-state index contributed by atoms with van der Waals surface area (Å²) in [6.45, 7) is 5.90. The van der Waals surface area contributed by atoms with Crippen LogP contribution in [0, 0.1) is 0 Å². The standard InChI is InChI=1S/C21H23N3O3S2/c1-3-24(4-2)16-9-8-15-13-17(21(26)27-18(15)14-16)23-19(25)10-12-28-29-20-7-5-6-11-22-20/h5-9,11,13-14H,3-4,10,12H2,1-2H3,(H,23,25). The van der Waals surface area contributed by atoms with E-state index in [2.05, 4.69) is 29.0 Å². The molecule has 0 radical (unpaired) electrons. The van der Waals surface area contributed by atoms with Crippen LogP contribution in [0.2, 0.25) is 0 Å². The van der Waals surface area contributed by atoms with Crippen LogP contribution < -0.4 is 15.8 Å². The third kappa shape index (κ3) is 5.77. The molecule has 0 unspecified atom stereocenters. The van der Waals surface area contributed by atoms with Gasteiger partial charge in [0.2, 0.25) is 5.91 Å². The highest BCUT2D eigenvalue weighted by molar-refractivity contribution is 8.76. The number of rotatable bonds is 9.